The molecule has 158 valence electrons. The average Bonchev–Trinajstić information content (AvgIpc) is 3.67. The molecule has 1 aliphatic heterocycles. The van der Waals surface area contributed by atoms with E-state index in [1.165, 1.54) is 5.69 Å². The van der Waals surface area contributed by atoms with E-state index in [-0.39, 0.29) is 11.8 Å². The Morgan fingerprint density at radius 2 is 1.65 bits per heavy atom. The van der Waals surface area contributed by atoms with Gasteiger partial charge in [0.05, 0.1) is 18.9 Å². The van der Waals surface area contributed by atoms with Crippen molar-refractivity contribution in [1.29, 1.82) is 0 Å². The van der Waals surface area contributed by atoms with Crippen LogP contribution in [0.3, 0.4) is 0 Å². The van der Waals surface area contributed by atoms with Crippen LogP contribution in [-0.4, -0.2) is 42.2 Å². The highest BCUT2D eigenvalue weighted by molar-refractivity contribution is 5.94. The van der Waals surface area contributed by atoms with Gasteiger partial charge in [-0.25, -0.2) is 9.97 Å². The minimum absolute atomic E-state index is 0.112. The van der Waals surface area contributed by atoms with Crippen LogP contribution in [-0.2, 0) is 9.53 Å². The third-order valence-corrected chi connectivity index (χ3v) is 5.55. The molecule has 5 rings (SSSR count). The van der Waals surface area contributed by atoms with Crippen molar-refractivity contribution in [3.05, 3.63) is 60.8 Å². The van der Waals surface area contributed by atoms with Gasteiger partial charge in [-0.3, -0.25) is 4.79 Å². The molecule has 2 aromatic carbocycles. The van der Waals surface area contributed by atoms with Gasteiger partial charge >= 0.3 is 0 Å². The molecular weight excluding hydrogens is 390 g/mol. The second kappa shape index (κ2) is 8.73. The molecule has 2 fully saturated rings. The molecule has 1 aromatic heterocycles. The maximum atomic E-state index is 11.9. The molecule has 0 bridgehead atoms. The number of nitrogens with one attached hydrogen (secondary N) is 2. The van der Waals surface area contributed by atoms with E-state index in [2.05, 4.69) is 37.6 Å². The summed E-state index contributed by atoms with van der Waals surface area (Å²) in [6, 6.07) is 17.9. The Bertz CT molecular complexity index is 1040. The molecule has 2 N–H and O–H groups in total. The first-order valence-electron chi connectivity index (χ1n) is 10.7. The fourth-order valence-corrected chi connectivity index (χ4v) is 3.60. The second-order valence-corrected chi connectivity index (χ2v) is 7.88. The highest BCUT2D eigenvalue weighted by atomic mass is 16.5. The molecule has 0 spiro atoms. The van der Waals surface area contributed by atoms with Crippen molar-refractivity contribution in [2.75, 3.05) is 41.8 Å². The van der Waals surface area contributed by atoms with Crippen LogP contribution in [0.15, 0.2) is 60.8 Å². The summed E-state index contributed by atoms with van der Waals surface area (Å²) >= 11 is 0. The normalized spacial score (nSPS) is 16.1. The van der Waals surface area contributed by atoms with Gasteiger partial charge in [-0.05, 0) is 55.3 Å². The first-order chi connectivity index (χ1) is 15.2. The molecule has 2 aliphatic rings. The topological polar surface area (TPSA) is 79.4 Å². The number of amides is 1. The third-order valence-electron chi connectivity index (χ3n) is 5.55. The Morgan fingerprint density at radius 1 is 0.935 bits per heavy atom. The van der Waals surface area contributed by atoms with E-state index < -0.39 is 0 Å². The van der Waals surface area contributed by atoms with Gasteiger partial charge in [-0.2, -0.15) is 0 Å². The van der Waals surface area contributed by atoms with Crippen LogP contribution in [0.4, 0.5) is 23.0 Å². The number of rotatable bonds is 6. The standard InChI is InChI=1S/C24H25N5O2/c30-23(18-1-2-18)26-19-5-3-17(4-6-19)22-11-12-25-24(28-22)27-20-7-9-21(10-8-20)29-13-15-31-16-14-29/h3-12,18H,1-2,13-16H2,(H,26,30)(H,25,27,28). The number of morpholine rings is 1. The van der Waals surface area contributed by atoms with Crippen molar-refractivity contribution >= 4 is 28.9 Å². The van der Waals surface area contributed by atoms with E-state index in [4.69, 9.17) is 4.74 Å². The lowest BCUT2D eigenvalue weighted by atomic mass is 10.1. The Morgan fingerprint density at radius 3 is 2.35 bits per heavy atom. The fraction of sp³-hybridized carbons (Fsp3) is 0.292. The Hall–Kier alpha value is -3.45. The number of aromatic nitrogens is 2. The maximum absolute atomic E-state index is 11.9. The van der Waals surface area contributed by atoms with Crippen LogP contribution in [0.5, 0.6) is 0 Å². The number of carbonyl (C=O) groups excluding carboxylic acids is 1. The number of nitrogens with zero attached hydrogens (tertiary/aromatic N) is 3. The van der Waals surface area contributed by atoms with E-state index in [1.807, 2.05) is 42.5 Å². The average molecular weight is 415 g/mol. The Kier molecular flexibility index (Phi) is 5.50. The van der Waals surface area contributed by atoms with Crippen LogP contribution in [0.2, 0.25) is 0 Å². The predicted molar refractivity (Wildman–Crippen MR) is 122 cm³/mol. The lowest BCUT2D eigenvalue weighted by molar-refractivity contribution is -0.117. The molecule has 0 atom stereocenters. The molecule has 7 nitrogen and oxygen atoms in total. The molecule has 3 aromatic rings. The quantitative estimate of drug-likeness (QED) is 0.632. The molecule has 1 saturated heterocycles. The van der Waals surface area contributed by atoms with Gasteiger partial charge in [0.2, 0.25) is 11.9 Å². The van der Waals surface area contributed by atoms with Crippen molar-refractivity contribution in [3.63, 3.8) is 0 Å². The van der Waals surface area contributed by atoms with Gasteiger partial charge in [0.1, 0.15) is 0 Å². The smallest absolute Gasteiger partial charge is 0.227 e. The third kappa shape index (κ3) is 4.83. The van der Waals surface area contributed by atoms with E-state index in [1.54, 1.807) is 6.20 Å². The Labute approximate surface area is 181 Å². The molecule has 2 heterocycles. The van der Waals surface area contributed by atoms with Crippen molar-refractivity contribution < 1.29 is 9.53 Å². The highest BCUT2D eigenvalue weighted by Crippen LogP contribution is 2.30. The van der Waals surface area contributed by atoms with Gasteiger partial charge in [0.25, 0.3) is 0 Å². The summed E-state index contributed by atoms with van der Waals surface area (Å²) < 4.78 is 5.42. The lowest BCUT2D eigenvalue weighted by Gasteiger charge is -2.28. The number of carbonyl (C=O) groups is 1. The monoisotopic (exact) mass is 415 g/mol. The number of ether oxygens (including phenoxy) is 1. The van der Waals surface area contributed by atoms with E-state index in [9.17, 15) is 4.79 Å². The summed E-state index contributed by atoms with van der Waals surface area (Å²) in [6.45, 7) is 3.38. The number of anilines is 4. The molecule has 31 heavy (non-hydrogen) atoms. The summed E-state index contributed by atoms with van der Waals surface area (Å²) in [6.07, 6.45) is 3.74. The first-order valence-corrected chi connectivity index (χ1v) is 10.7. The van der Waals surface area contributed by atoms with E-state index >= 15 is 0 Å². The maximum Gasteiger partial charge on any atom is 0.227 e. The van der Waals surface area contributed by atoms with Crippen LogP contribution in [0.25, 0.3) is 11.3 Å². The SMILES string of the molecule is O=C(Nc1ccc(-c2ccnc(Nc3ccc(N4CCOCC4)cc3)n2)cc1)C1CC1. The van der Waals surface area contributed by atoms with Gasteiger partial charge in [0.15, 0.2) is 0 Å². The summed E-state index contributed by atoms with van der Waals surface area (Å²) in [5, 5.41) is 6.24. The predicted octanol–water partition coefficient (Wildman–Crippen LogP) is 4.07. The van der Waals surface area contributed by atoms with Gasteiger partial charge < -0.3 is 20.3 Å². The van der Waals surface area contributed by atoms with Crippen LogP contribution in [0.1, 0.15) is 12.8 Å². The summed E-state index contributed by atoms with van der Waals surface area (Å²) in [5.41, 5.74) is 4.73. The van der Waals surface area contributed by atoms with E-state index in [0.29, 0.717) is 5.95 Å². The van der Waals surface area contributed by atoms with Gasteiger partial charge in [0, 0.05) is 47.8 Å². The fourth-order valence-electron chi connectivity index (χ4n) is 3.60. The largest absolute Gasteiger partial charge is 0.378 e. The molecule has 1 aliphatic carbocycles. The minimum atomic E-state index is 0.112. The molecule has 0 unspecified atom stereocenters. The minimum Gasteiger partial charge on any atom is -0.378 e. The highest BCUT2D eigenvalue weighted by Gasteiger charge is 2.29. The number of hydrogen-bond donors (Lipinski definition) is 2. The summed E-state index contributed by atoms with van der Waals surface area (Å²) in [7, 11) is 0. The van der Waals surface area contributed by atoms with Crippen molar-refractivity contribution in [1.82, 2.24) is 9.97 Å². The molecule has 7 heteroatoms. The van der Waals surface area contributed by atoms with Crippen LogP contribution in [0, 0.1) is 5.92 Å². The lowest BCUT2D eigenvalue weighted by Crippen LogP contribution is -2.36. The van der Waals surface area contributed by atoms with Gasteiger partial charge in [-0.15, -0.1) is 0 Å². The van der Waals surface area contributed by atoms with E-state index in [0.717, 1.165) is 61.8 Å². The number of hydrogen-bond acceptors (Lipinski definition) is 6. The van der Waals surface area contributed by atoms with Gasteiger partial charge in [-0.1, -0.05) is 12.1 Å². The zero-order valence-corrected chi connectivity index (χ0v) is 17.3. The van der Waals surface area contributed by atoms with Crippen molar-refractivity contribution in [2.45, 2.75) is 12.8 Å². The zero-order chi connectivity index (χ0) is 21.0. The molecule has 1 amide bonds. The zero-order valence-electron chi connectivity index (χ0n) is 17.3. The second-order valence-electron chi connectivity index (χ2n) is 7.88. The van der Waals surface area contributed by atoms with Crippen molar-refractivity contribution in [3.8, 4) is 11.3 Å². The summed E-state index contributed by atoms with van der Waals surface area (Å²) in [5.74, 6) is 0.849. The molecule has 1 saturated carbocycles. The van der Waals surface area contributed by atoms with Crippen LogP contribution >= 0.6 is 0 Å². The van der Waals surface area contributed by atoms with Crippen molar-refractivity contribution in [2.24, 2.45) is 5.92 Å². The molecular formula is C24H25N5O2. The molecule has 0 radical (unpaired) electrons. The first kappa shape index (κ1) is 19.5. The number of benzene rings is 2. The van der Waals surface area contributed by atoms with Crippen LogP contribution < -0.4 is 15.5 Å². The Balaban J connectivity index is 1.25. The summed E-state index contributed by atoms with van der Waals surface area (Å²) in [4.78, 5) is 23.2.